The van der Waals surface area contributed by atoms with Crippen LogP contribution in [0.5, 0.6) is 0 Å². The van der Waals surface area contributed by atoms with Gasteiger partial charge in [0.25, 0.3) is 0 Å². The van der Waals surface area contributed by atoms with Gasteiger partial charge in [-0.05, 0) is 0 Å². The maximum absolute atomic E-state index is 10.9. The minimum Gasteiger partial charge on any atom is -0.394 e. The number of hydrogen-bond acceptors (Lipinski definition) is 5. The maximum Gasteiger partial charge on any atom is 0.304 e. The summed E-state index contributed by atoms with van der Waals surface area (Å²) in [6, 6.07) is 0. The van der Waals surface area contributed by atoms with Crippen molar-refractivity contribution < 1.29 is 0 Å². The molecule has 0 aromatic carbocycles. The van der Waals surface area contributed by atoms with Crippen molar-refractivity contribution in [1.29, 1.82) is 0 Å². The van der Waals surface area contributed by atoms with Crippen molar-refractivity contribution >= 4 is 22.8 Å². The summed E-state index contributed by atoms with van der Waals surface area (Å²) < 4.78 is 1.63. The fraction of sp³-hybridized carbons (Fsp3) is 0.250. The third-order valence-corrected chi connectivity index (χ3v) is 2.59. The monoisotopic (exact) mass is 225 g/mol. The van der Waals surface area contributed by atoms with Gasteiger partial charge in [0.05, 0.1) is 12.2 Å². The first kappa shape index (κ1) is 9.78. The highest BCUT2D eigenvalue weighted by Crippen LogP contribution is 2.14. The number of aromatic nitrogens is 3. The molecule has 2 aromatic heterocycles. The van der Waals surface area contributed by atoms with E-state index in [1.54, 1.807) is 23.3 Å². The number of hydrogen-bond donors (Lipinski definition) is 3. The van der Waals surface area contributed by atoms with Crippen LogP contribution in [0.3, 0.4) is 0 Å². The molecule has 0 saturated carbocycles. The fourth-order valence-electron chi connectivity index (χ4n) is 1.22. The molecule has 4 N–H and O–H groups in total. The summed E-state index contributed by atoms with van der Waals surface area (Å²) in [7, 11) is 1.80. The van der Waals surface area contributed by atoms with E-state index in [1.807, 2.05) is 0 Å². The van der Waals surface area contributed by atoms with Crippen LogP contribution in [0.4, 0.5) is 11.5 Å². The van der Waals surface area contributed by atoms with Crippen LogP contribution in [0.25, 0.3) is 0 Å². The Morgan fingerprint density at radius 3 is 3.07 bits per heavy atom. The Morgan fingerprint density at radius 1 is 1.73 bits per heavy atom. The molecule has 2 aromatic rings. The fourth-order valence-corrected chi connectivity index (χ4v) is 1.81. The molecule has 7 heteroatoms. The van der Waals surface area contributed by atoms with Crippen LogP contribution in [0.2, 0.25) is 0 Å². The van der Waals surface area contributed by atoms with Crippen molar-refractivity contribution in [2.24, 2.45) is 7.05 Å². The van der Waals surface area contributed by atoms with Gasteiger partial charge in [-0.1, -0.05) is 11.3 Å². The highest BCUT2D eigenvalue weighted by molar-refractivity contribution is 7.07. The molecule has 2 heterocycles. The topological polar surface area (TPSA) is 88.7 Å². The van der Waals surface area contributed by atoms with Crippen LogP contribution < -0.4 is 15.9 Å². The maximum atomic E-state index is 10.9. The molecule has 6 nitrogen and oxygen atoms in total. The first-order valence-corrected chi connectivity index (χ1v) is 5.23. The number of nitrogen functional groups attached to an aromatic ring is 1. The normalized spacial score (nSPS) is 10.5. The summed E-state index contributed by atoms with van der Waals surface area (Å²) in [4.78, 5) is 13.5. The molecule has 0 aliphatic carbocycles. The van der Waals surface area contributed by atoms with E-state index in [1.165, 1.54) is 0 Å². The van der Waals surface area contributed by atoms with E-state index < -0.39 is 0 Å². The first-order chi connectivity index (χ1) is 7.15. The standard InChI is InChI=1S/C8H11N5OS/c1-13-3-6(9)7(12-13)10-2-5-4-15-8(14)11-5/h3-4H,2,9H2,1H3,(H,10,12)(H,11,14). The van der Waals surface area contributed by atoms with Gasteiger partial charge in [0.2, 0.25) is 0 Å². The molecule has 0 aliphatic rings. The summed E-state index contributed by atoms with van der Waals surface area (Å²) >= 11 is 1.14. The van der Waals surface area contributed by atoms with Gasteiger partial charge in [-0.3, -0.25) is 9.48 Å². The SMILES string of the molecule is Cn1cc(N)c(NCc2csc(=O)[nH]2)n1. The largest absolute Gasteiger partial charge is 0.394 e. The van der Waals surface area contributed by atoms with E-state index in [9.17, 15) is 4.79 Å². The number of anilines is 2. The zero-order valence-electron chi connectivity index (χ0n) is 8.15. The second-order valence-electron chi connectivity index (χ2n) is 3.13. The molecule has 0 spiro atoms. The molecule has 80 valence electrons. The van der Waals surface area contributed by atoms with Gasteiger partial charge >= 0.3 is 4.87 Å². The van der Waals surface area contributed by atoms with Gasteiger partial charge in [0.15, 0.2) is 5.82 Å². The lowest BCUT2D eigenvalue weighted by Crippen LogP contribution is -2.04. The zero-order valence-corrected chi connectivity index (χ0v) is 8.97. The summed E-state index contributed by atoms with van der Waals surface area (Å²) in [5.41, 5.74) is 7.12. The highest BCUT2D eigenvalue weighted by atomic mass is 32.1. The predicted octanol–water partition coefficient (Wildman–Crippen LogP) is 0.364. The number of nitrogens with one attached hydrogen (secondary N) is 2. The van der Waals surface area contributed by atoms with Crippen LogP contribution in [0, 0.1) is 0 Å². The molecule has 0 saturated heterocycles. The molecule has 15 heavy (non-hydrogen) atoms. The van der Waals surface area contributed by atoms with Gasteiger partial charge in [0, 0.05) is 24.3 Å². The summed E-state index contributed by atoms with van der Waals surface area (Å²) in [5, 5.41) is 8.94. The van der Waals surface area contributed by atoms with E-state index in [4.69, 9.17) is 5.73 Å². The lowest BCUT2D eigenvalue weighted by Gasteiger charge is -2.00. The van der Waals surface area contributed by atoms with Crippen LogP contribution in [0.1, 0.15) is 5.69 Å². The summed E-state index contributed by atoms with van der Waals surface area (Å²) in [5.74, 6) is 0.629. The molecule has 0 unspecified atom stereocenters. The van der Waals surface area contributed by atoms with Crippen molar-refractivity contribution in [1.82, 2.24) is 14.8 Å². The lowest BCUT2D eigenvalue weighted by molar-refractivity contribution is 0.768. The van der Waals surface area contributed by atoms with Crippen molar-refractivity contribution in [3.8, 4) is 0 Å². The lowest BCUT2D eigenvalue weighted by atomic mass is 10.4. The number of H-pyrrole nitrogens is 1. The Morgan fingerprint density at radius 2 is 2.53 bits per heavy atom. The molecule has 2 rings (SSSR count). The smallest absolute Gasteiger partial charge is 0.304 e. The Labute approximate surface area is 89.7 Å². The average Bonchev–Trinajstić information content (AvgIpc) is 2.70. The molecule has 0 radical (unpaired) electrons. The second-order valence-corrected chi connectivity index (χ2v) is 3.98. The van der Waals surface area contributed by atoms with Crippen LogP contribution >= 0.6 is 11.3 Å². The van der Waals surface area contributed by atoms with Crippen molar-refractivity contribution in [3.05, 3.63) is 26.9 Å². The van der Waals surface area contributed by atoms with Gasteiger partial charge in [0.1, 0.15) is 0 Å². The Balaban J connectivity index is 2.04. The Kier molecular flexibility index (Phi) is 2.46. The van der Waals surface area contributed by atoms with Crippen LogP contribution in [0.15, 0.2) is 16.4 Å². The number of aryl methyl sites for hydroxylation is 1. The molecular weight excluding hydrogens is 214 g/mol. The van der Waals surface area contributed by atoms with Gasteiger partial charge in [-0.25, -0.2) is 0 Å². The number of rotatable bonds is 3. The molecule has 0 aliphatic heterocycles. The van der Waals surface area contributed by atoms with Gasteiger partial charge in [-0.2, -0.15) is 5.10 Å². The third-order valence-electron chi connectivity index (χ3n) is 1.87. The Hall–Kier alpha value is -1.76. The van der Waals surface area contributed by atoms with E-state index in [0.717, 1.165) is 17.0 Å². The van der Waals surface area contributed by atoms with Crippen molar-refractivity contribution in [3.63, 3.8) is 0 Å². The predicted molar refractivity (Wildman–Crippen MR) is 59.9 cm³/mol. The van der Waals surface area contributed by atoms with Crippen LogP contribution in [-0.2, 0) is 13.6 Å². The van der Waals surface area contributed by atoms with Gasteiger partial charge in [-0.15, -0.1) is 0 Å². The Bertz CT molecular complexity index is 511. The molecular formula is C8H11N5OS. The molecule has 0 fully saturated rings. The zero-order chi connectivity index (χ0) is 10.8. The minimum atomic E-state index is -0.0548. The van der Waals surface area contributed by atoms with Crippen molar-refractivity contribution in [2.75, 3.05) is 11.1 Å². The highest BCUT2D eigenvalue weighted by Gasteiger charge is 2.03. The van der Waals surface area contributed by atoms with Crippen LogP contribution in [-0.4, -0.2) is 14.8 Å². The quantitative estimate of drug-likeness (QED) is 0.704. The average molecular weight is 225 g/mol. The van der Waals surface area contributed by atoms with E-state index in [-0.39, 0.29) is 4.87 Å². The number of nitrogens with zero attached hydrogens (tertiary/aromatic N) is 2. The molecule has 0 bridgehead atoms. The van der Waals surface area contributed by atoms with Crippen molar-refractivity contribution in [2.45, 2.75) is 6.54 Å². The van der Waals surface area contributed by atoms with E-state index >= 15 is 0 Å². The first-order valence-electron chi connectivity index (χ1n) is 4.35. The molecule has 0 atom stereocenters. The summed E-state index contributed by atoms with van der Waals surface area (Å²) in [6.45, 7) is 0.514. The number of nitrogens with two attached hydrogens (primary N) is 1. The number of aromatic amines is 1. The summed E-state index contributed by atoms with van der Waals surface area (Å²) in [6.07, 6.45) is 1.72. The second kappa shape index (κ2) is 3.77. The van der Waals surface area contributed by atoms with E-state index in [2.05, 4.69) is 15.4 Å². The van der Waals surface area contributed by atoms with E-state index in [0.29, 0.717) is 18.1 Å². The third kappa shape index (κ3) is 2.18. The van der Waals surface area contributed by atoms with Gasteiger partial charge < -0.3 is 16.0 Å². The minimum absolute atomic E-state index is 0.0548. The number of thiazole rings is 1. The molecule has 0 amide bonds.